The molecule has 0 saturated heterocycles. The highest BCUT2D eigenvalue weighted by Gasteiger charge is 2.13. The summed E-state index contributed by atoms with van der Waals surface area (Å²) >= 11 is 22.7. The van der Waals surface area contributed by atoms with Crippen molar-refractivity contribution >= 4 is 91.3 Å². The van der Waals surface area contributed by atoms with Crippen molar-refractivity contribution in [3.8, 4) is 0 Å². The number of nitrogens with two attached hydrogens (primary N) is 3. The van der Waals surface area contributed by atoms with Gasteiger partial charge in [-0.25, -0.2) is 24.7 Å². The third kappa shape index (κ3) is 9.47. The van der Waals surface area contributed by atoms with Crippen LogP contribution in [0.3, 0.4) is 0 Å². The van der Waals surface area contributed by atoms with E-state index in [9.17, 15) is 9.59 Å². The third-order valence-corrected chi connectivity index (χ3v) is 7.75. The van der Waals surface area contributed by atoms with Gasteiger partial charge >= 0.3 is 5.97 Å². The zero-order valence-corrected chi connectivity index (χ0v) is 27.5. The van der Waals surface area contributed by atoms with E-state index in [0.717, 1.165) is 32.7 Å². The fourth-order valence-corrected chi connectivity index (χ4v) is 5.08. The number of carbonyl (C=O) groups is 2. The number of anilines is 2. The van der Waals surface area contributed by atoms with Gasteiger partial charge in [0.2, 0.25) is 0 Å². The fraction of sp³-hybridized carbons (Fsp3) is 0.0909. The molecule has 0 fully saturated rings. The van der Waals surface area contributed by atoms with Crippen LogP contribution >= 0.6 is 46.4 Å². The summed E-state index contributed by atoms with van der Waals surface area (Å²) in [5.41, 5.74) is 19.5. The lowest BCUT2D eigenvalue weighted by Crippen LogP contribution is -2.03. The molecule has 7 N–H and O–H groups in total. The summed E-state index contributed by atoms with van der Waals surface area (Å²) in [6.07, 6.45) is 7.01. The van der Waals surface area contributed by atoms with Crippen LogP contribution in [-0.2, 0) is 13.0 Å². The minimum Gasteiger partial charge on any atom is -0.478 e. The van der Waals surface area contributed by atoms with Crippen LogP contribution in [0, 0.1) is 0 Å². The first-order chi connectivity index (χ1) is 22.5. The molecule has 240 valence electrons. The number of hydrogen-bond donors (Lipinski definition) is 4. The lowest BCUT2D eigenvalue weighted by Gasteiger charge is -2.06. The Labute approximate surface area is 289 Å². The molecule has 4 aromatic heterocycles. The summed E-state index contributed by atoms with van der Waals surface area (Å²) in [6.45, 7) is 0.554. The number of ketones is 1. The summed E-state index contributed by atoms with van der Waals surface area (Å²) in [5.74, 6) is -0.146. The maximum absolute atomic E-state index is 12.3. The lowest BCUT2D eigenvalue weighted by molar-refractivity contribution is 0.0696. The molecule has 2 aromatic carbocycles. The van der Waals surface area contributed by atoms with E-state index in [2.05, 4.69) is 19.9 Å². The largest absolute Gasteiger partial charge is 0.478 e. The molecule has 6 aromatic rings. The number of Topliss-reactive ketones (excluding diaryl/α,β-unsaturated/α-hetero) is 1. The van der Waals surface area contributed by atoms with Crippen molar-refractivity contribution in [2.24, 2.45) is 5.73 Å². The standard InChI is InChI=1S/C17H13Cl2N3O.C10H11N3.C6H3Cl2NO2/c18-12-8-14(16(19)22-9-12)15(23)4-2-10-1-3-13-11(7-10)5-6-21-17(13)20;11-6-7-1-2-9-8(5-7)3-4-13-10(9)12;7-3-1-4(6(10)11)5(8)9-2-3/h1,3,5-9H,2,4H2,(H2,20,21);1-5H,6,11H2,(H2,12,13);1-2H,(H,10,11). The average Bonchev–Trinajstić information content (AvgIpc) is 3.06. The molecule has 0 aliphatic rings. The van der Waals surface area contributed by atoms with E-state index in [0.29, 0.717) is 41.6 Å². The van der Waals surface area contributed by atoms with E-state index in [1.807, 2.05) is 48.5 Å². The Kier molecular flexibility index (Phi) is 12.2. The molecule has 0 aliphatic heterocycles. The normalized spacial score (nSPS) is 10.5. The molecule has 0 saturated carbocycles. The van der Waals surface area contributed by atoms with E-state index in [1.54, 1.807) is 18.5 Å². The smallest absolute Gasteiger partial charge is 0.338 e. The number of benzene rings is 2. The Morgan fingerprint density at radius 1 is 0.660 bits per heavy atom. The lowest BCUT2D eigenvalue weighted by atomic mass is 10.0. The number of nitrogen functional groups attached to an aromatic ring is 2. The van der Waals surface area contributed by atoms with Crippen molar-refractivity contribution in [3.05, 3.63) is 128 Å². The quantitative estimate of drug-likeness (QED) is 0.0986. The van der Waals surface area contributed by atoms with Gasteiger partial charge in [0.25, 0.3) is 0 Å². The second-order valence-electron chi connectivity index (χ2n) is 9.92. The van der Waals surface area contributed by atoms with Crippen LogP contribution in [0.15, 0.2) is 85.5 Å². The molecule has 0 unspecified atom stereocenters. The van der Waals surface area contributed by atoms with Gasteiger partial charge in [-0.05, 0) is 58.7 Å². The predicted octanol–water partition coefficient (Wildman–Crippen LogP) is 7.70. The average molecular weight is 711 g/mol. The van der Waals surface area contributed by atoms with Gasteiger partial charge < -0.3 is 22.3 Å². The first-order valence-corrected chi connectivity index (χ1v) is 15.3. The molecule has 47 heavy (non-hydrogen) atoms. The number of carboxylic acids is 1. The van der Waals surface area contributed by atoms with Crippen molar-refractivity contribution in [2.45, 2.75) is 19.4 Å². The van der Waals surface area contributed by atoms with Crippen molar-refractivity contribution in [2.75, 3.05) is 11.5 Å². The predicted molar refractivity (Wildman–Crippen MR) is 188 cm³/mol. The number of carbonyl (C=O) groups excluding carboxylic acids is 1. The minimum atomic E-state index is -1.13. The molecule has 14 heteroatoms. The number of pyridine rings is 4. The van der Waals surface area contributed by atoms with Gasteiger partial charge in [-0.3, -0.25) is 4.79 Å². The van der Waals surface area contributed by atoms with Gasteiger partial charge in [-0.2, -0.15) is 0 Å². The van der Waals surface area contributed by atoms with Crippen LogP contribution in [0.4, 0.5) is 11.6 Å². The highest BCUT2D eigenvalue weighted by Crippen LogP contribution is 2.23. The molecule has 0 amide bonds. The van der Waals surface area contributed by atoms with Gasteiger partial charge in [-0.1, -0.05) is 76.7 Å². The number of aromatic carboxylic acids is 1. The number of rotatable bonds is 6. The van der Waals surface area contributed by atoms with Crippen molar-refractivity contribution in [1.82, 2.24) is 19.9 Å². The Morgan fingerprint density at radius 3 is 1.66 bits per heavy atom. The number of aryl methyl sites for hydroxylation is 1. The van der Waals surface area contributed by atoms with Gasteiger partial charge in [0.05, 0.1) is 21.2 Å². The highest BCUT2D eigenvalue weighted by molar-refractivity contribution is 6.35. The van der Waals surface area contributed by atoms with Gasteiger partial charge in [-0.15, -0.1) is 0 Å². The maximum Gasteiger partial charge on any atom is 0.338 e. The van der Waals surface area contributed by atoms with Crippen molar-refractivity contribution in [3.63, 3.8) is 0 Å². The third-order valence-electron chi connectivity index (χ3n) is 6.74. The molecule has 6 rings (SSSR count). The second kappa shape index (κ2) is 16.3. The Morgan fingerprint density at radius 2 is 1.15 bits per heavy atom. The summed E-state index contributed by atoms with van der Waals surface area (Å²) in [6, 6.07) is 18.5. The van der Waals surface area contributed by atoms with Crippen LogP contribution in [0.5, 0.6) is 0 Å². The summed E-state index contributed by atoms with van der Waals surface area (Å²) in [4.78, 5) is 38.2. The zero-order valence-electron chi connectivity index (χ0n) is 24.5. The van der Waals surface area contributed by atoms with Gasteiger partial charge in [0.1, 0.15) is 21.9 Å². The van der Waals surface area contributed by atoms with Crippen molar-refractivity contribution < 1.29 is 14.7 Å². The molecule has 0 spiro atoms. The molecule has 0 atom stereocenters. The van der Waals surface area contributed by atoms with Crippen LogP contribution < -0.4 is 17.2 Å². The minimum absolute atomic E-state index is 0.0538. The van der Waals surface area contributed by atoms with E-state index in [-0.39, 0.29) is 26.7 Å². The van der Waals surface area contributed by atoms with E-state index < -0.39 is 5.97 Å². The molecule has 4 heterocycles. The van der Waals surface area contributed by atoms with E-state index in [4.69, 9.17) is 68.7 Å². The number of carboxylic acid groups (broad SMARTS) is 1. The first-order valence-electron chi connectivity index (χ1n) is 13.8. The maximum atomic E-state index is 12.3. The van der Waals surface area contributed by atoms with Crippen LogP contribution in [-0.4, -0.2) is 36.8 Å². The molecular weight excluding hydrogens is 684 g/mol. The SMILES string of the molecule is NCc1ccc2c(N)nccc2c1.Nc1nccc2cc(CCC(=O)c3cc(Cl)cnc3Cl)ccc12.O=C(O)c1cc(Cl)cnc1Cl. The Hall–Kier alpha value is -4.58. The summed E-state index contributed by atoms with van der Waals surface area (Å²) < 4.78 is 0. The highest BCUT2D eigenvalue weighted by atomic mass is 35.5. The number of halogens is 4. The number of hydrogen-bond acceptors (Lipinski definition) is 9. The van der Waals surface area contributed by atoms with E-state index >= 15 is 0 Å². The number of aromatic nitrogens is 4. The Bertz CT molecular complexity index is 2080. The van der Waals surface area contributed by atoms with Gasteiger partial charge in [0.15, 0.2) is 5.78 Å². The Balaban J connectivity index is 0.000000176. The molecular formula is C33H27Cl4N7O3. The van der Waals surface area contributed by atoms with Crippen LogP contribution in [0.2, 0.25) is 20.4 Å². The summed E-state index contributed by atoms with van der Waals surface area (Å²) in [7, 11) is 0. The van der Waals surface area contributed by atoms with Crippen LogP contribution in [0.25, 0.3) is 21.5 Å². The fourth-order valence-electron chi connectivity index (χ4n) is 4.37. The zero-order chi connectivity index (χ0) is 34.1. The van der Waals surface area contributed by atoms with Crippen molar-refractivity contribution in [1.29, 1.82) is 0 Å². The number of fused-ring (bicyclic) bond motifs is 2. The molecule has 0 aliphatic carbocycles. The van der Waals surface area contributed by atoms with E-state index in [1.165, 1.54) is 18.5 Å². The summed E-state index contributed by atoms with van der Waals surface area (Å²) in [5, 5.41) is 13.3. The monoisotopic (exact) mass is 709 g/mol. The molecule has 10 nitrogen and oxygen atoms in total. The second-order valence-corrected chi connectivity index (χ2v) is 11.5. The van der Waals surface area contributed by atoms with Crippen LogP contribution in [0.1, 0.15) is 38.3 Å². The first kappa shape index (κ1) is 35.3. The number of nitrogens with zero attached hydrogens (tertiary/aromatic N) is 4. The topological polar surface area (TPSA) is 184 Å². The molecule has 0 radical (unpaired) electrons. The van der Waals surface area contributed by atoms with Gasteiger partial charge in [0, 0.05) is 48.5 Å². The molecule has 0 bridgehead atoms.